The van der Waals surface area contributed by atoms with Gasteiger partial charge in [-0.1, -0.05) is 18.2 Å². The lowest BCUT2D eigenvalue weighted by Crippen LogP contribution is -2.37. The van der Waals surface area contributed by atoms with Gasteiger partial charge in [-0.25, -0.2) is 9.67 Å². The Balaban J connectivity index is 1.47. The highest BCUT2D eigenvalue weighted by atomic mass is 16.1. The third-order valence-electron chi connectivity index (χ3n) is 5.62. The van der Waals surface area contributed by atoms with Gasteiger partial charge in [0, 0.05) is 42.7 Å². The number of likely N-dealkylation sites (N-methyl/N-ethyl adjacent to an activating group) is 1. The van der Waals surface area contributed by atoms with Crippen LogP contribution < -0.4 is 10.9 Å². The van der Waals surface area contributed by atoms with Gasteiger partial charge in [-0.2, -0.15) is 0 Å². The summed E-state index contributed by atoms with van der Waals surface area (Å²) in [6.45, 7) is 0.771. The summed E-state index contributed by atoms with van der Waals surface area (Å²) in [4.78, 5) is 31.2. The van der Waals surface area contributed by atoms with Crippen molar-refractivity contribution in [2.24, 2.45) is 0 Å². The highest BCUT2D eigenvalue weighted by molar-refractivity contribution is 5.93. The van der Waals surface area contributed by atoms with Gasteiger partial charge in [0.05, 0.1) is 0 Å². The molecule has 29 heavy (non-hydrogen) atoms. The van der Waals surface area contributed by atoms with E-state index in [1.165, 1.54) is 0 Å². The molecule has 0 bridgehead atoms. The molecule has 0 saturated carbocycles. The van der Waals surface area contributed by atoms with Gasteiger partial charge in [0.1, 0.15) is 0 Å². The maximum atomic E-state index is 12.9. The van der Waals surface area contributed by atoms with E-state index in [2.05, 4.69) is 27.3 Å². The number of aryl methyl sites for hydroxylation is 1. The predicted molar refractivity (Wildman–Crippen MR) is 111 cm³/mol. The fourth-order valence-corrected chi connectivity index (χ4v) is 3.93. The summed E-state index contributed by atoms with van der Waals surface area (Å²) in [6.07, 6.45) is 4.24. The van der Waals surface area contributed by atoms with Crippen LogP contribution in [0.25, 0.3) is 5.82 Å². The van der Waals surface area contributed by atoms with Gasteiger partial charge in [-0.05, 0) is 56.1 Å². The molecule has 7 nitrogen and oxygen atoms in total. The maximum absolute atomic E-state index is 12.9. The number of amides is 1. The van der Waals surface area contributed by atoms with E-state index in [-0.39, 0.29) is 11.5 Å². The number of nitrogens with zero attached hydrogens (tertiary/aromatic N) is 3. The number of benzene rings is 1. The molecular weight excluding hydrogens is 366 g/mol. The number of carbonyl (C=O) groups excluding carboxylic acids is 1. The molecule has 0 radical (unpaired) electrons. The van der Waals surface area contributed by atoms with Gasteiger partial charge in [0.2, 0.25) is 0 Å². The molecule has 2 N–H and O–H groups in total. The zero-order valence-corrected chi connectivity index (χ0v) is 16.7. The fourth-order valence-electron chi connectivity index (χ4n) is 3.93. The molecule has 0 fully saturated rings. The van der Waals surface area contributed by atoms with Crippen molar-refractivity contribution >= 4 is 5.91 Å². The van der Waals surface area contributed by atoms with E-state index in [0.29, 0.717) is 17.4 Å². The van der Waals surface area contributed by atoms with Gasteiger partial charge in [-0.15, -0.1) is 0 Å². The van der Waals surface area contributed by atoms with E-state index in [1.54, 1.807) is 17.9 Å². The van der Waals surface area contributed by atoms with Crippen molar-refractivity contribution in [1.29, 1.82) is 0 Å². The Hall–Kier alpha value is -3.19. The molecule has 1 amide bonds. The van der Waals surface area contributed by atoms with Crippen LogP contribution in [0, 0.1) is 0 Å². The number of H-pyrrole nitrogens is 1. The number of aromatic amines is 1. The standard InChI is InChI=1S/C22H25N5O2/c1-23-21(28)16-8-6-15(7-9-16)14-26(2)17-10-11-19-18(13-17)22(29)27(25-19)20-5-3-4-12-24-20/h3-9,12,17,25H,10-11,13-14H2,1-2H3,(H,23,28). The van der Waals surface area contributed by atoms with Crippen LogP contribution in [0.2, 0.25) is 0 Å². The van der Waals surface area contributed by atoms with Gasteiger partial charge in [-0.3, -0.25) is 19.6 Å². The molecule has 2 heterocycles. The number of pyridine rings is 1. The molecule has 0 spiro atoms. The van der Waals surface area contributed by atoms with E-state index in [9.17, 15) is 9.59 Å². The number of hydrogen-bond acceptors (Lipinski definition) is 4. The number of carbonyl (C=O) groups is 1. The summed E-state index contributed by atoms with van der Waals surface area (Å²) in [6, 6.07) is 13.5. The van der Waals surface area contributed by atoms with Crippen LogP contribution in [-0.4, -0.2) is 45.7 Å². The Morgan fingerprint density at radius 1 is 1.28 bits per heavy atom. The second-order valence-electron chi connectivity index (χ2n) is 7.49. The van der Waals surface area contributed by atoms with Crippen LogP contribution in [-0.2, 0) is 19.4 Å². The first-order valence-corrected chi connectivity index (χ1v) is 9.82. The monoisotopic (exact) mass is 391 g/mol. The molecule has 0 aliphatic heterocycles. The van der Waals surface area contributed by atoms with Crippen LogP contribution in [0.15, 0.2) is 53.5 Å². The Bertz CT molecular complexity index is 1050. The van der Waals surface area contributed by atoms with Gasteiger partial charge >= 0.3 is 0 Å². The van der Waals surface area contributed by atoms with Crippen molar-refractivity contribution in [3.8, 4) is 5.82 Å². The van der Waals surface area contributed by atoms with Crippen molar-refractivity contribution < 1.29 is 4.79 Å². The van der Waals surface area contributed by atoms with Crippen LogP contribution in [0.3, 0.4) is 0 Å². The molecular formula is C22H25N5O2. The summed E-state index contributed by atoms with van der Waals surface area (Å²) in [5, 5.41) is 5.87. The lowest BCUT2D eigenvalue weighted by Gasteiger charge is -2.30. The van der Waals surface area contributed by atoms with Crippen molar-refractivity contribution in [1.82, 2.24) is 25.0 Å². The third kappa shape index (κ3) is 3.86. The SMILES string of the molecule is CNC(=O)c1ccc(CN(C)C2CCc3[nH]n(-c4ccccn4)c(=O)c3C2)cc1. The molecule has 1 aliphatic carbocycles. The van der Waals surface area contributed by atoms with Crippen molar-refractivity contribution in [3.63, 3.8) is 0 Å². The van der Waals surface area contributed by atoms with E-state index in [0.717, 1.165) is 42.6 Å². The maximum Gasteiger partial charge on any atom is 0.276 e. The average molecular weight is 391 g/mol. The number of hydrogen-bond donors (Lipinski definition) is 2. The Morgan fingerprint density at radius 2 is 2.07 bits per heavy atom. The Kier molecular flexibility index (Phi) is 5.31. The number of aromatic nitrogens is 3. The van der Waals surface area contributed by atoms with E-state index in [4.69, 9.17) is 0 Å². The highest BCUT2D eigenvalue weighted by Gasteiger charge is 2.27. The summed E-state index contributed by atoms with van der Waals surface area (Å²) in [5.74, 6) is 0.536. The summed E-state index contributed by atoms with van der Waals surface area (Å²) < 4.78 is 1.55. The normalized spacial score (nSPS) is 15.9. The molecule has 2 aromatic heterocycles. The molecule has 1 unspecified atom stereocenters. The minimum atomic E-state index is -0.0821. The second kappa shape index (κ2) is 8.05. The quantitative estimate of drug-likeness (QED) is 0.696. The lowest BCUT2D eigenvalue weighted by atomic mass is 9.92. The van der Waals surface area contributed by atoms with Gasteiger partial charge in [0.25, 0.3) is 11.5 Å². The van der Waals surface area contributed by atoms with Crippen LogP contribution in [0.5, 0.6) is 0 Å². The molecule has 1 atom stereocenters. The van der Waals surface area contributed by atoms with Crippen LogP contribution in [0.4, 0.5) is 0 Å². The largest absolute Gasteiger partial charge is 0.355 e. The highest BCUT2D eigenvalue weighted by Crippen LogP contribution is 2.22. The van der Waals surface area contributed by atoms with Crippen molar-refractivity contribution in [3.05, 3.63) is 81.4 Å². The summed E-state index contributed by atoms with van der Waals surface area (Å²) in [7, 11) is 3.72. The smallest absolute Gasteiger partial charge is 0.276 e. The van der Waals surface area contributed by atoms with Gasteiger partial charge < -0.3 is 5.32 Å². The number of rotatable bonds is 5. The average Bonchev–Trinajstić information content (AvgIpc) is 3.10. The van der Waals surface area contributed by atoms with Crippen LogP contribution >= 0.6 is 0 Å². The molecule has 1 aliphatic rings. The lowest BCUT2D eigenvalue weighted by molar-refractivity contribution is 0.0963. The summed E-state index contributed by atoms with van der Waals surface area (Å²) >= 11 is 0. The Labute approximate surface area is 169 Å². The van der Waals surface area contributed by atoms with Crippen molar-refractivity contribution in [2.45, 2.75) is 31.8 Å². The first-order chi connectivity index (χ1) is 14.1. The molecule has 0 saturated heterocycles. The molecule has 7 heteroatoms. The molecule has 1 aromatic carbocycles. The van der Waals surface area contributed by atoms with E-state index >= 15 is 0 Å². The van der Waals surface area contributed by atoms with Gasteiger partial charge in [0.15, 0.2) is 5.82 Å². The fraction of sp³-hybridized carbons (Fsp3) is 0.318. The minimum absolute atomic E-state index is 0.00766. The molecule has 4 rings (SSSR count). The predicted octanol–water partition coefficient (Wildman–Crippen LogP) is 1.91. The first kappa shape index (κ1) is 19.1. The molecule has 150 valence electrons. The number of fused-ring (bicyclic) bond motifs is 1. The van der Waals surface area contributed by atoms with Crippen molar-refractivity contribution in [2.75, 3.05) is 14.1 Å². The zero-order chi connectivity index (χ0) is 20.4. The third-order valence-corrected chi connectivity index (χ3v) is 5.62. The first-order valence-electron chi connectivity index (χ1n) is 9.82. The number of nitrogens with one attached hydrogen (secondary N) is 2. The second-order valence-corrected chi connectivity index (χ2v) is 7.49. The zero-order valence-electron chi connectivity index (χ0n) is 16.7. The topological polar surface area (TPSA) is 83.0 Å². The van der Waals surface area contributed by atoms with E-state index < -0.39 is 0 Å². The Morgan fingerprint density at radius 3 is 2.76 bits per heavy atom. The van der Waals surface area contributed by atoms with E-state index in [1.807, 2.05) is 42.5 Å². The molecule has 3 aromatic rings. The van der Waals surface area contributed by atoms with Crippen LogP contribution in [0.1, 0.15) is 33.6 Å². The summed E-state index contributed by atoms with van der Waals surface area (Å²) in [5.41, 5.74) is 3.66. The minimum Gasteiger partial charge on any atom is -0.355 e.